The maximum atomic E-state index is 14.7. The molecule has 1 aromatic carbocycles. The summed E-state index contributed by atoms with van der Waals surface area (Å²) in [5, 5.41) is 5.79. The van der Waals surface area contributed by atoms with Crippen LogP contribution in [0.5, 0.6) is 0 Å². The van der Waals surface area contributed by atoms with E-state index in [0.717, 1.165) is 16.3 Å². The van der Waals surface area contributed by atoms with Gasteiger partial charge >= 0.3 is 0 Å². The van der Waals surface area contributed by atoms with Crippen LogP contribution in [0.25, 0.3) is 10.2 Å². The number of carbonyl (C=O) groups is 1. The first-order chi connectivity index (χ1) is 14.3. The van der Waals surface area contributed by atoms with E-state index in [2.05, 4.69) is 20.6 Å². The minimum absolute atomic E-state index is 0.0536. The Morgan fingerprint density at radius 3 is 2.90 bits per heavy atom. The van der Waals surface area contributed by atoms with Crippen LogP contribution in [0.1, 0.15) is 36.5 Å². The molecule has 1 saturated carbocycles. The van der Waals surface area contributed by atoms with Crippen LogP contribution >= 0.6 is 11.3 Å². The van der Waals surface area contributed by atoms with Crippen LogP contribution < -0.4 is 16.4 Å². The molecule has 0 radical (unpaired) electrons. The lowest BCUT2D eigenvalue weighted by atomic mass is 9.87. The highest BCUT2D eigenvalue weighted by molar-refractivity contribution is 7.17. The quantitative estimate of drug-likeness (QED) is 0.503. The minimum Gasteiger partial charge on any atom is -0.363 e. The second-order valence-corrected chi connectivity index (χ2v) is 8.19. The lowest BCUT2D eigenvalue weighted by Crippen LogP contribution is -2.55. The number of nitrogens with one attached hydrogen (secondary N) is 2. The molecular weight excluding hydrogens is 415 g/mol. The maximum Gasteiger partial charge on any atom is 0.264 e. The standard InChI is InChI=1S/C20H20F3N5OS/c1-10(29)11-8-12(21)19(27-15-6-3-7-20(22,23)17(15)24)28-18(11)26-14-5-2-4-13-16(14)30-9-25-13/h2,4-5,8-9,15,17H,3,6-7,24H2,1H3,(H2,26,27,28)/t15-,17-/m1/s1. The third-order valence-electron chi connectivity index (χ3n) is 5.23. The molecule has 1 aliphatic rings. The van der Waals surface area contributed by atoms with E-state index in [1.54, 1.807) is 17.6 Å². The van der Waals surface area contributed by atoms with Gasteiger partial charge in [-0.1, -0.05) is 6.07 Å². The topological polar surface area (TPSA) is 92.9 Å². The van der Waals surface area contributed by atoms with E-state index >= 15 is 0 Å². The lowest BCUT2D eigenvalue weighted by Gasteiger charge is -2.36. The second kappa shape index (κ2) is 7.84. The zero-order valence-corrected chi connectivity index (χ0v) is 16.9. The zero-order chi connectivity index (χ0) is 21.5. The number of alkyl halides is 2. The van der Waals surface area contributed by atoms with Gasteiger partial charge in [-0.15, -0.1) is 11.3 Å². The van der Waals surface area contributed by atoms with Gasteiger partial charge in [0.25, 0.3) is 5.92 Å². The number of halogens is 3. The van der Waals surface area contributed by atoms with Crippen LogP contribution in [-0.4, -0.2) is 33.8 Å². The predicted octanol–water partition coefficient (Wildman–Crippen LogP) is 4.70. The summed E-state index contributed by atoms with van der Waals surface area (Å²) in [5.74, 6) is -4.31. The van der Waals surface area contributed by atoms with Crippen LogP contribution in [0.2, 0.25) is 0 Å². The Morgan fingerprint density at radius 2 is 2.13 bits per heavy atom. The molecular formula is C20H20F3N5OS. The molecule has 1 fully saturated rings. The Labute approximate surface area is 174 Å². The van der Waals surface area contributed by atoms with Gasteiger partial charge in [-0.3, -0.25) is 4.79 Å². The molecule has 4 rings (SSSR count). The van der Waals surface area contributed by atoms with Crippen molar-refractivity contribution in [3.8, 4) is 0 Å². The average molecular weight is 435 g/mol. The molecule has 6 nitrogen and oxygen atoms in total. The molecule has 2 atom stereocenters. The number of nitrogens with zero attached hydrogens (tertiary/aromatic N) is 2. The van der Waals surface area contributed by atoms with Crippen molar-refractivity contribution in [3.05, 3.63) is 41.2 Å². The number of anilines is 3. The molecule has 30 heavy (non-hydrogen) atoms. The third-order valence-corrected chi connectivity index (χ3v) is 6.11. The fraction of sp³-hybridized carbons (Fsp3) is 0.350. The number of aromatic nitrogens is 2. The lowest BCUT2D eigenvalue weighted by molar-refractivity contribution is -0.0555. The van der Waals surface area contributed by atoms with E-state index in [9.17, 15) is 18.0 Å². The van der Waals surface area contributed by atoms with E-state index < -0.39 is 23.8 Å². The second-order valence-electron chi connectivity index (χ2n) is 7.33. The van der Waals surface area contributed by atoms with Crippen LogP contribution in [-0.2, 0) is 0 Å². The van der Waals surface area contributed by atoms with Crippen molar-refractivity contribution in [2.45, 2.75) is 44.2 Å². The highest BCUT2D eigenvalue weighted by Crippen LogP contribution is 2.35. The molecule has 0 saturated heterocycles. The number of rotatable bonds is 5. The van der Waals surface area contributed by atoms with Gasteiger partial charge in [0.15, 0.2) is 17.4 Å². The SMILES string of the molecule is CC(=O)c1cc(F)c(N[C@@H]2CCCC(F)(F)[C@@H]2N)nc1Nc1cccc2ncsc12. The molecule has 158 valence electrons. The molecule has 4 N–H and O–H groups in total. The predicted molar refractivity (Wildman–Crippen MR) is 111 cm³/mol. The van der Waals surface area contributed by atoms with Gasteiger partial charge in [-0.2, -0.15) is 0 Å². The minimum atomic E-state index is -3.03. The van der Waals surface area contributed by atoms with Gasteiger partial charge < -0.3 is 16.4 Å². The Bertz CT molecular complexity index is 1100. The van der Waals surface area contributed by atoms with Gasteiger partial charge in [-0.05, 0) is 38.0 Å². The molecule has 2 aromatic heterocycles. The van der Waals surface area contributed by atoms with E-state index in [1.807, 2.05) is 6.07 Å². The number of benzene rings is 1. The molecule has 0 aliphatic heterocycles. The van der Waals surface area contributed by atoms with Crippen molar-refractivity contribution in [2.24, 2.45) is 5.73 Å². The first-order valence-electron chi connectivity index (χ1n) is 9.47. The first-order valence-corrected chi connectivity index (χ1v) is 10.3. The molecule has 0 spiro atoms. The van der Waals surface area contributed by atoms with Crippen molar-refractivity contribution < 1.29 is 18.0 Å². The molecule has 10 heteroatoms. The summed E-state index contributed by atoms with van der Waals surface area (Å²) in [6.07, 6.45) is 0.344. The van der Waals surface area contributed by atoms with Gasteiger partial charge in [0.05, 0.1) is 33.0 Å². The number of fused-ring (bicyclic) bond motifs is 1. The Hall–Kier alpha value is -2.72. The van der Waals surface area contributed by atoms with Crippen molar-refractivity contribution >= 4 is 44.7 Å². The summed E-state index contributed by atoms with van der Waals surface area (Å²) in [6.45, 7) is 1.31. The fourth-order valence-electron chi connectivity index (χ4n) is 3.60. The van der Waals surface area contributed by atoms with Crippen molar-refractivity contribution in [3.63, 3.8) is 0 Å². The van der Waals surface area contributed by atoms with E-state index in [1.165, 1.54) is 18.3 Å². The number of Topliss-reactive ketones (excluding diaryl/α,β-unsaturated/α-hetero) is 1. The van der Waals surface area contributed by atoms with Gasteiger partial charge in [-0.25, -0.2) is 23.1 Å². The highest BCUT2D eigenvalue weighted by atomic mass is 32.1. The number of pyridine rings is 1. The summed E-state index contributed by atoms with van der Waals surface area (Å²) < 4.78 is 43.4. The van der Waals surface area contributed by atoms with Gasteiger partial charge in [0, 0.05) is 12.5 Å². The number of nitrogens with two attached hydrogens (primary N) is 1. The molecule has 1 aliphatic carbocycles. The normalized spacial score (nSPS) is 20.8. The van der Waals surface area contributed by atoms with Crippen LogP contribution in [0.4, 0.5) is 30.5 Å². The van der Waals surface area contributed by atoms with E-state index in [-0.39, 0.29) is 35.8 Å². The highest BCUT2D eigenvalue weighted by Gasteiger charge is 2.45. The van der Waals surface area contributed by atoms with Gasteiger partial charge in [0.2, 0.25) is 0 Å². The first kappa shape index (κ1) is 20.5. The summed E-state index contributed by atoms with van der Waals surface area (Å²) >= 11 is 1.41. The van der Waals surface area contributed by atoms with Crippen LogP contribution in [0.3, 0.4) is 0 Å². The molecule has 3 aromatic rings. The maximum absolute atomic E-state index is 14.7. The Morgan fingerprint density at radius 1 is 1.33 bits per heavy atom. The summed E-state index contributed by atoms with van der Waals surface area (Å²) in [7, 11) is 0. The van der Waals surface area contributed by atoms with Crippen molar-refractivity contribution in [1.82, 2.24) is 9.97 Å². The zero-order valence-electron chi connectivity index (χ0n) is 16.1. The molecule has 2 heterocycles. The number of thiazole rings is 1. The number of hydrogen-bond acceptors (Lipinski definition) is 7. The molecule has 0 unspecified atom stereocenters. The fourth-order valence-corrected chi connectivity index (χ4v) is 4.36. The smallest absolute Gasteiger partial charge is 0.264 e. The van der Waals surface area contributed by atoms with E-state index in [4.69, 9.17) is 5.73 Å². The number of carbonyl (C=O) groups excluding carboxylic acids is 1. The van der Waals surface area contributed by atoms with Gasteiger partial charge in [0.1, 0.15) is 5.82 Å². The third kappa shape index (κ3) is 3.84. The number of ketones is 1. The average Bonchev–Trinajstić information content (AvgIpc) is 3.17. The summed E-state index contributed by atoms with van der Waals surface area (Å²) in [5.41, 5.74) is 8.88. The van der Waals surface area contributed by atoms with Crippen molar-refractivity contribution in [2.75, 3.05) is 10.6 Å². The largest absolute Gasteiger partial charge is 0.363 e. The monoisotopic (exact) mass is 435 g/mol. The summed E-state index contributed by atoms with van der Waals surface area (Å²) in [4.78, 5) is 20.5. The van der Waals surface area contributed by atoms with Crippen molar-refractivity contribution in [1.29, 1.82) is 0 Å². The molecule has 0 amide bonds. The Balaban J connectivity index is 1.69. The van der Waals surface area contributed by atoms with Crippen LogP contribution in [0.15, 0.2) is 29.8 Å². The summed E-state index contributed by atoms with van der Waals surface area (Å²) in [6, 6.07) is 4.20. The van der Waals surface area contributed by atoms with E-state index in [0.29, 0.717) is 12.1 Å². The Kier molecular flexibility index (Phi) is 5.37. The molecule has 0 bridgehead atoms. The number of hydrogen-bond donors (Lipinski definition) is 3. The van der Waals surface area contributed by atoms with Crippen LogP contribution in [0, 0.1) is 5.82 Å².